The summed E-state index contributed by atoms with van der Waals surface area (Å²) >= 11 is 8.29. The van der Waals surface area contributed by atoms with E-state index in [1.807, 2.05) is 30.3 Å². The van der Waals surface area contributed by atoms with E-state index in [0.29, 0.717) is 21.7 Å². The van der Waals surface area contributed by atoms with Gasteiger partial charge in [-0.1, -0.05) is 61.1 Å². The molecule has 4 nitrogen and oxygen atoms in total. The second-order valence-corrected chi connectivity index (χ2v) is 8.95. The lowest BCUT2D eigenvalue weighted by Gasteiger charge is -2.29. The fraction of sp³-hybridized carbons (Fsp3) is 0.471. The Morgan fingerprint density at radius 1 is 1.38 bits per heavy atom. The van der Waals surface area contributed by atoms with Gasteiger partial charge in [0, 0.05) is 6.04 Å². The van der Waals surface area contributed by atoms with E-state index in [1.165, 1.54) is 42.4 Å². The Labute approximate surface area is 155 Å². The largest absolute Gasteiger partial charge is 0.352 e. The number of thioether (sulfide) groups is 1. The van der Waals surface area contributed by atoms with Gasteiger partial charge in [0.15, 0.2) is 8.29 Å². The second kappa shape index (κ2) is 8.27. The summed E-state index contributed by atoms with van der Waals surface area (Å²) in [4.78, 5) is 12.2. The lowest BCUT2D eigenvalue weighted by Crippen LogP contribution is -2.41. The van der Waals surface area contributed by atoms with Crippen molar-refractivity contribution in [1.29, 1.82) is 0 Å². The Balaban J connectivity index is 1.57. The lowest BCUT2D eigenvalue weighted by molar-refractivity contribution is -0.119. The van der Waals surface area contributed by atoms with Crippen LogP contribution in [0.5, 0.6) is 0 Å². The summed E-state index contributed by atoms with van der Waals surface area (Å²) < 4.78 is 3.28. The number of hydrogen-bond acceptors (Lipinski definition) is 5. The molecular formula is C17H21N3OS3. The predicted octanol–water partition coefficient (Wildman–Crippen LogP) is 4.45. The van der Waals surface area contributed by atoms with E-state index < -0.39 is 0 Å². The normalized spacial score (nSPS) is 20.7. The summed E-state index contributed by atoms with van der Waals surface area (Å²) in [5.74, 6) is 1.05. The Morgan fingerprint density at radius 2 is 2.12 bits per heavy atom. The highest BCUT2D eigenvalue weighted by atomic mass is 32.2. The smallest absolute Gasteiger partial charge is 0.230 e. The molecule has 0 unspecified atom stereocenters. The molecule has 1 N–H and O–H groups in total. The average molecular weight is 380 g/mol. The van der Waals surface area contributed by atoms with Gasteiger partial charge in [-0.15, -0.1) is 5.10 Å². The molecule has 1 aliphatic carbocycles. The van der Waals surface area contributed by atoms with Crippen molar-refractivity contribution in [1.82, 2.24) is 15.1 Å². The van der Waals surface area contributed by atoms with Crippen molar-refractivity contribution in [3.63, 3.8) is 0 Å². The highest BCUT2D eigenvalue weighted by Gasteiger charge is 2.22. The number of nitrogens with zero attached hydrogens (tertiary/aromatic N) is 2. The number of rotatable bonds is 5. The van der Waals surface area contributed by atoms with Gasteiger partial charge in [0.25, 0.3) is 0 Å². The highest BCUT2D eigenvalue weighted by molar-refractivity contribution is 8.01. The lowest BCUT2D eigenvalue weighted by atomic mass is 9.86. The van der Waals surface area contributed by atoms with Gasteiger partial charge >= 0.3 is 0 Å². The van der Waals surface area contributed by atoms with E-state index in [0.717, 1.165) is 16.4 Å². The topological polar surface area (TPSA) is 46.9 Å². The Hall–Kier alpha value is -1.18. The maximum absolute atomic E-state index is 12.2. The van der Waals surface area contributed by atoms with Crippen molar-refractivity contribution in [2.24, 2.45) is 5.92 Å². The number of aromatic nitrogens is 2. The molecule has 1 fully saturated rings. The van der Waals surface area contributed by atoms with Crippen LogP contribution in [0.3, 0.4) is 0 Å². The Morgan fingerprint density at radius 3 is 2.88 bits per heavy atom. The van der Waals surface area contributed by atoms with Crippen molar-refractivity contribution in [3.8, 4) is 5.69 Å². The molecule has 1 aliphatic rings. The van der Waals surface area contributed by atoms with Crippen LogP contribution >= 0.6 is 35.3 Å². The van der Waals surface area contributed by atoms with Gasteiger partial charge in [-0.25, -0.2) is 4.68 Å². The van der Waals surface area contributed by atoms with Crippen molar-refractivity contribution in [2.75, 3.05) is 5.75 Å². The molecule has 0 spiro atoms. The summed E-state index contributed by atoms with van der Waals surface area (Å²) in [5, 5.41) is 7.70. The number of carbonyl (C=O) groups excluding carboxylic acids is 1. The molecule has 3 rings (SSSR count). The number of para-hydroxylation sites is 1. The van der Waals surface area contributed by atoms with Crippen LogP contribution in [-0.4, -0.2) is 27.5 Å². The standard InChI is InChI=1S/C17H21N3OS3/c1-12-7-5-6-10-14(12)18-15(21)11-23-16-19-20(17(22)24-16)13-8-3-2-4-9-13/h2-4,8-9,12,14H,5-7,10-11H2,1H3,(H,18,21)/t12-,14+/m1/s1. The summed E-state index contributed by atoms with van der Waals surface area (Å²) in [6, 6.07) is 10.2. The van der Waals surface area contributed by atoms with E-state index >= 15 is 0 Å². The third kappa shape index (κ3) is 4.46. The van der Waals surface area contributed by atoms with E-state index in [2.05, 4.69) is 17.3 Å². The average Bonchev–Trinajstić information content (AvgIpc) is 2.97. The summed E-state index contributed by atoms with van der Waals surface area (Å²) in [6.45, 7) is 2.23. The molecule has 1 heterocycles. The maximum atomic E-state index is 12.2. The zero-order valence-electron chi connectivity index (χ0n) is 13.6. The van der Waals surface area contributed by atoms with Crippen LogP contribution < -0.4 is 5.32 Å². The highest BCUT2D eigenvalue weighted by Crippen LogP contribution is 2.26. The zero-order valence-corrected chi connectivity index (χ0v) is 16.1. The SMILES string of the molecule is C[C@@H]1CCCC[C@@H]1NC(=O)CSc1nn(-c2ccccc2)c(=S)s1. The van der Waals surface area contributed by atoms with Crippen LogP contribution in [0, 0.1) is 9.87 Å². The van der Waals surface area contributed by atoms with Gasteiger partial charge < -0.3 is 5.32 Å². The van der Waals surface area contributed by atoms with Gasteiger partial charge in [0.1, 0.15) is 0 Å². The quantitative estimate of drug-likeness (QED) is 0.616. The van der Waals surface area contributed by atoms with Crippen LogP contribution in [-0.2, 0) is 4.79 Å². The van der Waals surface area contributed by atoms with E-state index in [4.69, 9.17) is 12.2 Å². The second-order valence-electron chi connectivity index (χ2n) is 6.11. The van der Waals surface area contributed by atoms with Crippen molar-refractivity contribution >= 4 is 41.2 Å². The molecular weight excluding hydrogens is 358 g/mol. The fourth-order valence-electron chi connectivity index (χ4n) is 2.96. The first-order valence-corrected chi connectivity index (χ1v) is 10.4. The van der Waals surface area contributed by atoms with Crippen LogP contribution in [0.15, 0.2) is 34.7 Å². The van der Waals surface area contributed by atoms with Crippen LogP contribution in [0.4, 0.5) is 0 Å². The number of carbonyl (C=O) groups is 1. The molecule has 7 heteroatoms. The first kappa shape index (κ1) is 17.6. The van der Waals surface area contributed by atoms with Crippen LogP contribution in [0.1, 0.15) is 32.6 Å². The fourth-order valence-corrected chi connectivity index (χ4v) is 5.13. The maximum Gasteiger partial charge on any atom is 0.230 e. The summed E-state index contributed by atoms with van der Waals surface area (Å²) in [5.41, 5.74) is 0.950. The van der Waals surface area contributed by atoms with E-state index in [9.17, 15) is 4.79 Å². The Kier molecular flexibility index (Phi) is 6.08. The molecule has 1 aromatic heterocycles. The molecule has 2 atom stereocenters. The van der Waals surface area contributed by atoms with E-state index in [-0.39, 0.29) is 5.91 Å². The molecule has 24 heavy (non-hydrogen) atoms. The summed E-state index contributed by atoms with van der Waals surface area (Å²) in [6.07, 6.45) is 4.80. The predicted molar refractivity (Wildman–Crippen MR) is 103 cm³/mol. The molecule has 1 amide bonds. The molecule has 0 radical (unpaired) electrons. The van der Waals surface area contributed by atoms with Gasteiger partial charge in [-0.2, -0.15) is 0 Å². The number of benzene rings is 1. The van der Waals surface area contributed by atoms with Crippen molar-refractivity contribution < 1.29 is 4.79 Å². The molecule has 0 bridgehead atoms. The molecule has 128 valence electrons. The minimum Gasteiger partial charge on any atom is -0.352 e. The minimum atomic E-state index is 0.0890. The first-order chi connectivity index (χ1) is 11.6. The van der Waals surface area contributed by atoms with Crippen molar-refractivity contribution in [2.45, 2.75) is 43.0 Å². The molecule has 1 aromatic carbocycles. The van der Waals surface area contributed by atoms with Crippen LogP contribution in [0.2, 0.25) is 0 Å². The van der Waals surface area contributed by atoms with Gasteiger partial charge in [-0.3, -0.25) is 4.79 Å². The van der Waals surface area contributed by atoms with Crippen LogP contribution in [0.25, 0.3) is 5.69 Å². The third-order valence-electron chi connectivity index (χ3n) is 4.31. The molecule has 0 saturated heterocycles. The van der Waals surface area contributed by atoms with E-state index in [1.54, 1.807) is 4.68 Å². The molecule has 1 saturated carbocycles. The number of nitrogens with one attached hydrogen (secondary N) is 1. The van der Waals surface area contributed by atoms with Gasteiger partial charge in [0.05, 0.1) is 11.4 Å². The minimum absolute atomic E-state index is 0.0890. The molecule has 0 aliphatic heterocycles. The first-order valence-electron chi connectivity index (χ1n) is 8.21. The van der Waals surface area contributed by atoms with Crippen molar-refractivity contribution in [3.05, 3.63) is 34.3 Å². The zero-order chi connectivity index (χ0) is 16.9. The Bertz CT molecular complexity index is 741. The number of amides is 1. The summed E-state index contributed by atoms with van der Waals surface area (Å²) in [7, 11) is 0. The monoisotopic (exact) mass is 379 g/mol. The number of hydrogen-bond donors (Lipinski definition) is 1. The van der Waals surface area contributed by atoms with Gasteiger partial charge in [0.2, 0.25) is 5.91 Å². The van der Waals surface area contributed by atoms with Gasteiger partial charge in [-0.05, 0) is 43.1 Å². The third-order valence-corrected chi connectivity index (χ3v) is 6.68. The molecule has 2 aromatic rings.